The fourth-order valence-corrected chi connectivity index (χ4v) is 4.89. The fourth-order valence-electron chi connectivity index (χ4n) is 3.65. The van der Waals surface area contributed by atoms with Gasteiger partial charge < -0.3 is 10.0 Å². The molecule has 1 aromatic carbocycles. The Balaban J connectivity index is 1.35. The van der Waals surface area contributed by atoms with Crippen molar-refractivity contribution in [3.63, 3.8) is 0 Å². The number of aromatic nitrogens is 4. The van der Waals surface area contributed by atoms with E-state index in [1.54, 1.807) is 23.7 Å². The molecule has 28 heavy (non-hydrogen) atoms. The minimum atomic E-state index is -0.889. The van der Waals surface area contributed by atoms with Crippen LogP contribution in [0.1, 0.15) is 18.4 Å². The number of halogens is 1. The zero-order valence-electron chi connectivity index (χ0n) is 15.0. The van der Waals surface area contributed by atoms with Crippen LogP contribution in [0.25, 0.3) is 16.2 Å². The molecule has 0 unspecified atom stereocenters. The highest BCUT2D eigenvalue weighted by molar-refractivity contribution is 7.20. The van der Waals surface area contributed by atoms with E-state index in [0.29, 0.717) is 31.0 Å². The Labute approximate surface area is 171 Å². The van der Waals surface area contributed by atoms with Crippen LogP contribution in [0.15, 0.2) is 55.0 Å². The molecule has 1 saturated heterocycles. The second-order valence-electron chi connectivity index (χ2n) is 6.98. The van der Waals surface area contributed by atoms with Gasteiger partial charge in [-0.15, -0.1) is 5.10 Å². The van der Waals surface area contributed by atoms with Gasteiger partial charge in [0, 0.05) is 41.6 Å². The zero-order chi connectivity index (χ0) is 19.1. The van der Waals surface area contributed by atoms with Crippen molar-refractivity contribution in [2.45, 2.75) is 18.4 Å². The predicted octanol–water partition coefficient (Wildman–Crippen LogP) is 3.99. The van der Waals surface area contributed by atoms with Crippen molar-refractivity contribution in [2.24, 2.45) is 0 Å². The predicted molar refractivity (Wildman–Crippen MR) is 111 cm³/mol. The Morgan fingerprint density at radius 1 is 1.11 bits per heavy atom. The van der Waals surface area contributed by atoms with E-state index < -0.39 is 5.60 Å². The van der Waals surface area contributed by atoms with Gasteiger partial charge in [0.25, 0.3) is 0 Å². The number of imidazole rings is 1. The second kappa shape index (κ2) is 6.84. The van der Waals surface area contributed by atoms with Crippen LogP contribution in [-0.2, 0) is 5.60 Å². The maximum Gasteiger partial charge on any atom is 0.214 e. The van der Waals surface area contributed by atoms with Crippen molar-refractivity contribution in [1.29, 1.82) is 0 Å². The average Bonchev–Trinajstić information content (AvgIpc) is 3.29. The maximum absolute atomic E-state index is 11.1. The molecule has 0 radical (unpaired) electrons. The second-order valence-corrected chi connectivity index (χ2v) is 8.32. The lowest BCUT2D eigenvalue weighted by Gasteiger charge is -2.38. The number of nitrogens with zero attached hydrogens (tertiary/aromatic N) is 5. The first-order valence-corrected chi connectivity index (χ1v) is 10.3. The summed E-state index contributed by atoms with van der Waals surface area (Å²) in [6.45, 7) is 1.43. The van der Waals surface area contributed by atoms with Gasteiger partial charge in [-0.05, 0) is 31.0 Å². The molecular weight excluding hydrogens is 394 g/mol. The zero-order valence-corrected chi connectivity index (χ0v) is 16.6. The van der Waals surface area contributed by atoms with E-state index in [4.69, 9.17) is 16.7 Å². The number of aliphatic hydroxyl groups is 1. The largest absolute Gasteiger partial charge is 0.385 e. The number of pyridine rings is 1. The van der Waals surface area contributed by atoms with Crippen molar-refractivity contribution >= 4 is 33.0 Å². The highest BCUT2D eigenvalue weighted by atomic mass is 35.5. The molecule has 0 atom stereocenters. The van der Waals surface area contributed by atoms with E-state index in [1.165, 1.54) is 0 Å². The summed E-state index contributed by atoms with van der Waals surface area (Å²) in [7, 11) is 0. The van der Waals surface area contributed by atoms with Gasteiger partial charge >= 0.3 is 0 Å². The van der Waals surface area contributed by atoms with Crippen LogP contribution in [0.3, 0.4) is 0 Å². The smallest absolute Gasteiger partial charge is 0.214 e. The van der Waals surface area contributed by atoms with Crippen molar-refractivity contribution in [3.05, 3.63) is 65.6 Å². The van der Waals surface area contributed by atoms with Gasteiger partial charge in [-0.1, -0.05) is 41.1 Å². The quantitative estimate of drug-likeness (QED) is 0.552. The molecule has 0 aliphatic carbocycles. The van der Waals surface area contributed by atoms with Crippen LogP contribution in [0.5, 0.6) is 0 Å². The maximum atomic E-state index is 11.1. The number of fused-ring (bicyclic) bond motifs is 1. The molecule has 142 valence electrons. The Morgan fingerprint density at radius 2 is 1.93 bits per heavy atom. The summed E-state index contributed by atoms with van der Waals surface area (Å²) in [6.07, 6.45) is 6.70. The lowest BCUT2D eigenvalue weighted by Crippen LogP contribution is -2.42. The Bertz CT molecular complexity index is 1090. The van der Waals surface area contributed by atoms with Crippen LogP contribution in [0.2, 0.25) is 5.02 Å². The minimum absolute atomic E-state index is 0.611. The summed E-state index contributed by atoms with van der Waals surface area (Å²) < 4.78 is 1.82. The lowest BCUT2D eigenvalue weighted by atomic mass is 9.84. The normalized spacial score (nSPS) is 16.6. The number of rotatable bonds is 3. The van der Waals surface area contributed by atoms with Gasteiger partial charge in [-0.3, -0.25) is 4.98 Å². The highest BCUT2D eigenvalue weighted by Crippen LogP contribution is 2.38. The molecule has 0 saturated carbocycles. The average molecular weight is 412 g/mol. The summed E-state index contributed by atoms with van der Waals surface area (Å²) in [6, 6.07) is 11.4. The summed E-state index contributed by atoms with van der Waals surface area (Å²) in [4.78, 5) is 11.9. The summed E-state index contributed by atoms with van der Waals surface area (Å²) in [5, 5.41) is 17.3. The Morgan fingerprint density at radius 3 is 2.64 bits per heavy atom. The van der Waals surface area contributed by atoms with Gasteiger partial charge in [-0.2, -0.15) is 0 Å². The van der Waals surface area contributed by atoms with E-state index in [-0.39, 0.29) is 0 Å². The molecule has 8 heteroatoms. The first kappa shape index (κ1) is 17.6. The van der Waals surface area contributed by atoms with Gasteiger partial charge in [-0.25, -0.2) is 9.50 Å². The van der Waals surface area contributed by atoms with Crippen molar-refractivity contribution in [3.8, 4) is 11.3 Å². The third-order valence-electron chi connectivity index (χ3n) is 5.23. The van der Waals surface area contributed by atoms with Crippen LogP contribution >= 0.6 is 22.9 Å². The molecule has 1 fully saturated rings. The molecule has 1 aliphatic heterocycles. The monoisotopic (exact) mass is 411 g/mol. The van der Waals surface area contributed by atoms with Crippen LogP contribution in [0.4, 0.5) is 5.13 Å². The van der Waals surface area contributed by atoms with Gasteiger partial charge in [0.2, 0.25) is 10.1 Å². The summed E-state index contributed by atoms with van der Waals surface area (Å²) >= 11 is 7.86. The first-order chi connectivity index (χ1) is 13.6. The molecule has 4 aromatic rings. The molecule has 5 rings (SSSR count). The Hall–Kier alpha value is -2.48. The lowest BCUT2D eigenvalue weighted by molar-refractivity contribution is 0.0118. The fraction of sp³-hybridized carbons (Fsp3) is 0.250. The van der Waals surface area contributed by atoms with E-state index in [1.807, 2.05) is 47.1 Å². The molecule has 1 N–H and O–H groups in total. The number of hydrogen-bond acceptors (Lipinski definition) is 6. The molecule has 6 nitrogen and oxygen atoms in total. The number of benzene rings is 1. The molecule has 1 aliphatic rings. The molecule has 0 amide bonds. The molecule has 3 aromatic heterocycles. The van der Waals surface area contributed by atoms with Gasteiger partial charge in [0.1, 0.15) is 0 Å². The van der Waals surface area contributed by atoms with Gasteiger partial charge in [0.15, 0.2) is 0 Å². The SMILES string of the molecule is OC1(c2ccccc2Cl)CCN(c2nn3cc(-c4cccnc4)nc3s2)CC1. The summed E-state index contributed by atoms with van der Waals surface area (Å²) in [5.74, 6) is 0. The Kier molecular flexibility index (Phi) is 4.30. The van der Waals surface area contributed by atoms with E-state index in [2.05, 4.69) is 14.9 Å². The summed E-state index contributed by atoms with van der Waals surface area (Å²) in [5.41, 5.74) is 1.76. The van der Waals surface area contributed by atoms with Crippen LogP contribution in [-0.4, -0.2) is 37.8 Å². The van der Waals surface area contributed by atoms with Crippen molar-refractivity contribution in [1.82, 2.24) is 19.6 Å². The highest BCUT2D eigenvalue weighted by Gasteiger charge is 2.36. The van der Waals surface area contributed by atoms with E-state index in [0.717, 1.165) is 26.9 Å². The van der Waals surface area contributed by atoms with Gasteiger partial charge in [0.05, 0.1) is 17.5 Å². The number of piperidine rings is 1. The topological polar surface area (TPSA) is 66.5 Å². The third-order valence-corrected chi connectivity index (χ3v) is 6.54. The minimum Gasteiger partial charge on any atom is -0.385 e. The third kappa shape index (κ3) is 3.05. The van der Waals surface area contributed by atoms with Crippen LogP contribution < -0.4 is 4.90 Å². The van der Waals surface area contributed by atoms with Crippen molar-refractivity contribution < 1.29 is 5.11 Å². The molecule has 0 bridgehead atoms. The number of anilines is 1. The number of hydrogen-bond donors (Lipinski definition) is 1. The van der Waals surface area contributed by atoms with Crippen molar-refractivity contribution in [2.75, 3.05) is 18.0 Å². The molecular formula is C20H18ClN5OS. The van der Waals surface area contributed by atoms with Crippen LogP contribution in [0, 0.1) is 0 Å². The van der Waals surface area contributed by atoms with E-state index >= 15 is 0 Å². The first-order valence-electron chi connectivity index (χ1n) is 9.11. The molecule has 4 heterocycles. The molecule has 0 spiro atoms. The standard InChI is InChI=1S/C20H18ClN5OS/c21-16-6-2-1-5-15(16)20(27)7-10-25(11-8-20)19-24-26-13-17(23-18(26)28-19)14-4-3-9-22-12-14/h1-6,9,12-13,27H,7-8,10-11H2. The van der Waals surface area contributed by atoms with E-state index in [9.17, 15) is 5.11 Å².